The molecule has 1 aliphatic rings. The molecule has 0 spiro atoms. The number of fused-ring (bicyclic) bond motifs is 1. The maximum atomic E-state index is 14.6. The Morgan fingerprint density at radius 2 is 1.92 bits per heavy atom. The van der Waals surface area contributed by atoms with Crippen molar-refractivity contribution < 1.29 is 18.4 Å². The van der Waals surface area contributed by atoms with E-state index >= 15 is 0 Å². The molecule has 1 saturated heterocycles. The van der Waals surface area contributed by atoms with Gasteiger partial charge in [0.15, 0.2) is 5.78 Å². The zero-order valence-corrected chi connectivity index (χ0v) is 22.4. The predicted octanol–water partition coefficient (Wildman–Crippen LogP) is 4.74. The molecule has 1 aliphatic heterocycles. The summed E-state index contributed by atoms with van der Waals surface area (Å²) < 4.78 is 31.0. The lowest BCUT2D eigenvalue weighted by atomic mass is 10.0. The highest BCUT2D eigenvalue weighted by Gasteiger charge is 2.39. The highest BCUT2D eigenvalue weighted by atomic mass is 79.9. The number of nitrogens with zero attached hydrogens (tertiary/aromatic N) is 6. The van der Waals surface area contributed by atoms with Gasteiger partial charge in [0.05, 0.1) is 24.5 Å². The van der Waals surface area contributed by atoms with E-state index in [0.717, 1.165) is 11.1 Å². The van der Waals surface area contributed by atoms with Crippen LogP contribution >= 0.6 is 15.9 Å². The number of amides is 1. The molecule has 1 aromatic carbocycles. The average molecular weight is 583 g/mol. The fraction of sp³-hybridized carbons (Fsp3) is 0.333. The largest absolute Gasteiger partial charge is 0.328 e. The Balaban J connectivity index is 1.40. The number of benzene rings is 1. The summed E-state index contributed by atoms with van der Waals surface area (Å²) in [6.07, 6.45) is 0.619. The van der Waals surface area contributed by atoms with E-state index in [1.54, 1.807) is 49.6 Å². The van der Waals surface area contributed by atoms with E-state index in [1.807, 2.05) is 6.07 Å². The van der Waals surface area contributed by atoms with E-state index in [4.69, 9.17) is 0 Å². The monoisotopic (exact) mass is 582 g/mol. The third kappa shape index (κ3) is 5.33. The number of carbonyl (C=O) groups is 2. The summed E-state index contributed by atoms with van der Waals surface area (Å²) in [7, 11) is 0. The molecule has 0 bridgehead atoms. The second-order valence-corrected chi connectivity index (χ2v) is 10.2. The van der Waals surface area contributed by atoms with E-state index in [-0.39, 0.29) is 37.4 Å². The van der Waals surface area contributed by atoms with Gasteiger partial charge in [0.2, 0.25) is 5.91 Å². The molecule has 4 aromatic rings. The number of ketones is 1. The first-order valence-corrected chi connectivity index (χ1v) is 13.0. The summed E-state index contributed by atoms with van der Waals surface area (Å²) in [5, 5.41) is 4.94. The van der Waals surface area contributed by atoms with Crippen LogP contribution in [0.3, 0.4) is 0 Å². The quantitative estimate of drug-likeness (QED) is 0.292. The number of Topliss-reactive ketones (excluding diaryl/α,β-unsaturated/α-hetero) is 1. The van der Waals surface area contributed by atoms with E-state index < -0.39 is 24.3 Å². The van der Waals surface area contributed by atoms with Crippen LogP contribution in [0, 0.1) is 6.92 Å². The van der Waals surface area contributed by atoms with Crippen molar-refractivity contribution in [2.24, 2.45) is 0 Å². The first kappa shape index (κ1) is 26.0. The molecule has 4 heterocycles. The van der Waals surface area contributed by atoms with Crippen molar-refractivity contribution in [2.75, 3.05) is 6.54 Å². The summed E-state index contributed by atoms with van der Waals surface area (Å²) in [5.74, 6) is -0.0945. The van der Waals surface area contributed by atoms with Crippen molar-refractivity contribution in [1.82, 2.24) is 29.6 Å². The van der Waals surface area contributed by atoms with Gasteiger partial charge in [-0.1, -0.05) is 12.1 Å². The molecule has 5 rings (SSSR count). The van der Waals surface area contributed by atoms with Crippen LogP contribution in [0.15, 0.2) is 53.4 Å². The van der Waals surface area contributed by atoms with Crippen molar-refractivity contribution in [3.05, 3.63) is 70.6 Å². The Labute approximate surface area is 226 Å². The van der Waals surface area contributed by atoms with Crippen molar-refractivity contribution in [2.45, 2.75) is 51.6 Å². The first-order chi connectivity index (χ1) is 18.2. The van der Waals surface area contributed by atoms with Gasteiger partial charge < -0.3 is 4.90 Å². The van der Waals surface area contributed by atoms with Gasteiger partial charge in [-0.2, -0.15) is 5.10 Å². The molecule has 11 heteroatoms. The standard InChI is InChI=1S/C27H25BrF2N6O2/c1-15(29)27-21-8-17(18-11-31-16(2)32-12-18)6-7-22(21)36(34-27)14-26(38)35-13-19(30)9-23(35)24(37)10-20-4-3-5-25(28)33-20/h3-8,11-12,15,19,23H,9-10,13-14H2,1-2H3/t15?,19-,23+/m1/s1. The number of hydrogen-bond donors (Lipinski definition) is 0. The molecule has 0 saturated carbocycles. The minimum Gasteiger partial charge on any atom is -0.328 e. The first-order valence-electron chi connectivity index (χ1n) is 12.2. The van der Waals surface area contributed by atoms with Crippen molar-refractivity contribution in [3.8, 4) is 11.1 Å². The number of likely N-dealkylation sites (tertiary alicyclic amines) is 1. The fourth-order valence-corrected chi connectivity index (χ4v) is 5.15. The maximum Gasteiger partial charge on any atom is 0.245 e. The summed E-state index contributed by atoms with van der Waals surface area (Å²) in [5.41, 5.74) is 2.85. The Kier molecular flexibility index (Phi) is 7.29. The molecule has 1 unspecified atom stereocenters. The summed E-state index contributed by atoms with van der Waals surface area (Å²) in [6, 6.07) is 9.72. The second-order valence-electron chi connectivity index (χ2n) is 9.40. The zero-order chi connectivity index (χ0) is 27.0. The Hall–Kier alpha value is -3.60. The van der Waals surface area contributed by atoms with Crippen LogP contribution in [0.25, 0.3) is 22.0 Å². The Morgan fingerprint density at radius 3 is 2.63 bits per heavy atom. The van der Waals surface area contributed by atoms with Gasteiger partial charge in [-0.3, -0.25) is 14.3 Å². The molecule has 38 heavy (non-hydrogen) atoms. The molecule has 3 atom stereocenters. The van der Waals surface area contributed by atoms with Crippen LogP contribution in [0.4, 0.5) is 8.78 Å². The molecule has 3 aromatic heterocycles. The number of hydrogen-bond acceptors (Lipinski definition) is 6. The molecule has 0 aliphatic carbocycles. The van der Waals surface area contributed by atoms with E-state index in [0.29, 0.717) is 27.0 Å². The molecule has 196 valence electrons. The molecule has 1 fully saturated rings. The third-order valence-corrected chi connectivity index (χ3v) is 7.07. The van der Waals surface area contributed by atoms with Gasteiger partial charge >= 0.3 is 0 Å². The van der Waals surface area contributed by atoms with Gasteiger partial charge in [0.25, 0.3) is 0 Å². The SMILES string of the molecule is Cc1ncc(-c2ccc3c(c2)c(C(C)F)nn3CC(=O)N2C[C@H](F)C[C@H]2C(=O)Cc2cccc(Br)n2)cn1. The summed E-state index contributed by atoms with van der Waals surface area (Å²) in [6.45, 7) is 2.75. The van der Waals surface area contributed by atoms with E-state index in [1.165, 1.54) is 16.5 Å². The van der Waals surface area contributed by atoms with Gasteiger partial charge in [-0.15, -0.1) is 0 Å². The van der Waals surface area contributed by atoms with Crippen molar-refractivity contribution >= 4 is 38.5 Å². The number of rotatable bonds is 7. The number of halogens is 3. The lowest BCUT2D eigenvalue weighted by Gasteiger charge is -2.23. The molecular weight excluding hydrogens is 558 g/mol. The van der Waals surface area contributed by atoms with Gasteiger partial charge in [-0.05, 0) is 59.6 Å². The summed E-state index contributed by atoms with van der Waals surface area (Å²) >= 11 is 3.28. The lowest BCUT2D eigenvalue weighted by Crippen LogP contribution is -2.43. The van der Waals surface area contributed by atoms with Crippen LogP contribution < -0.4 is 0 Å². The molecule has 0 N–H and O–H groups in total. The number of carbonyl (C=O) groups excluding carboxylic acids is 2. The maximum absolute atomic E-state index is 14.6. The molecule has 8 nitrogen and oxygen atoms in total. The van der Waals surface area contributed by atoms with Crippen LogP contribution in [-0.2, 0) is 22.6 Å². The minimum atomic E-state index is -1.38. The smallest absolute Gasteiger partial charge is 0.245 e. The topological polar surface area (TPSA) is 93.9 Å². The Bertz CT molecular complexity index is 1510. The van der Waals surface area contributed by atoms with Crippen molar-refractivity contribution in [1.29, 1.82) is 0 Å². The normalized spacial score (nSPS) is 18.2. The fourth-order valence-electron chi connectivity index (χ4n) is 4.77. The molecular formula is C27H25BrF2N6O2. The minimum absolute atomic E-state index is 0.0136. The van der Waals surface area contributed by atoms with Crippen molar-refractivity contribution in [3.63, 3.8) is 0 Å². The second kappa shape index (κ2) is 10.6. The van der Waals surface area contributed by atoms with E-state index in [2.05, 4.69) is 36.0 Å². The number of pyridine rings is 1. The number of aryl methyl sites for hydroxylation is 1. The van der Waals surface area contributed by atoms with Gasteiger partial charge in [0.1, 0.15) is 35.0 Å². The molecule has 0 radical (unpaired) electrons. The zero-order valence-electron chi connectivity index (χ0n) is 20.8. The van der Waals surface area contributed by atoms with E-state index in [9.17, 15) is 18.4 Å². The highest BCUT2D eigenvalue weighted by molar-refractivity contribution is 9.10. The van der Waals surface area contributed by atoms with Crippen LogP contribution in [0.5, 0.6) is 0 Å². The average Bonchev–Trinajstić information content (AvgIpc) is 3.45. The van der Waals surface area contributed by atoms with Crippen LogP contribution in [-0.4, -0.2) is 60.1 Å². The highest BCUT2D eigenvalue weighted by Crippen LogP contribution is 2.31. The Morgan fingerprint density at radius 1 is 1.16 bits per heavy atom. The third-order valence-electron chi connectivity index (χ3n) is 6.63. The predicted molar refractivity (Wildman–Crippen MR) is 141 cm³/mol. The van der Waals surface area contributed by atoms with Crippen LogP contribution in [0.1, 0.15) is 36.7 Å². The summed E-state index contributed by atoms with van der Waals surface area (Å²) in [4.78, 5) is 40.4. The molecule has 1 amide bonds. The lowest BCUT2D eigenvalue weighted by molar-refractivity contribution is -0.138. The number of alkyl halides is 2. The van der Waals surface area contributed by atoms with Crippen LogP contribution in [0.2, 0.25) is 0 Å². The number of aromatic nitrogens is 5. The van der Waals surface area contributed by atoms with Gasteiger partial charge in [0, 0.05) is 35.5 Å². The van der Waals surface area contributed by atoms with Gasteiger partial charge in [-0.25, -0.2) is 23.7 Å².